The van der Waals surface area contributed by atoms with E-state index in [4.69, 9.17) is 4.74 Å². The van der Waals surface area contributed by atoms with E-state index in [-0.39, 0.29) is 12.5 Å². The average Bonchev–Trinajstić information content (AvgIpc) is 2.68. The number of fused-ring (bicyclic) bond motifs is 4. The molecular formula is C21H28N2O2. The zero-order valence-corrected chi connectivity index (χ0v) is 15.2. The number of nitrogens with zero attached hydrogens (tertiary/aromatic N) is 2. The molecule has 4 heterocycles. The van der Waals surface area contributed by atoms with Gasteiger partial charge in [0.05, 0.1) is 19.2 Å². The lowest BCUT2D eigenvalue weighted by Crippen LogP contribution is -2.55. The van der Waals surface area contributed by atoms with Crippen LogP contribution in [0.2, 0.25) is 0 Å². The van der Waals surface area contributed by atoms with Gasteiger partial charge < -0.3 is 9.84 Å². The first kappa shape index (κ1) is 16.8. The Kier molecular flexibility index (Phi) is 4.65. The van der Waals surface area contributed by atoms with Crippen LogP contribution in [0.4, 0.5) is 0 Å². The maximum Gasteiger partial charge on any atom is 0.119 e. The maximum atomic E-state index is 10.3. The van der Waals surface area contributed by atoms with Crippen LogP contribution in [-0.4, -0.2) is 47.8 Å². The fraction of sp³-hybridized carbons (Fsp3) is 0.571. The second kappa shape index (κ2) is 6.93. The number of hydrogen-bond acceptors (Lipinski definition) is 4. The van der Waals surface area contributed by atoms with Crippen molar-refractivity contribution in [3.8, 4) is 5.75 Å². The van der Waals surface area contributed by atoms with Crippen LogP contribution < -0.4 is 4.74 Å². The van der Waals surface area contributed by atoms with Crippen LogP contribution in [0.3, 0.4) is 0 Å². The SMILES string of the molecule is CCC1CN2CCC1C[C@@H]2[C@@H](CO)c1ccnc2ccc(OC)cc12. The highest BCUT2D eigenvalue weighted by atomic mass is 16.5. The Morgan fingerprint density at radius 3 is 2.92 bits per heavy atom. The molecule has 3 saturated heterocycles. The topological polar surface area (TPSA) is 45.6 Å². The highest BCUT2D eigenvalue weighted by Crippen LogP contribution is 2.43. The van der Waals surface area contributed by atoms with Gasteiger partial charge in [-0.25, -0.2) is 0 Å². The molecule has 0 saturated carbocycles. The van der Waals surface area contributed by atoms with E-state index in [1.165, 1.54) is 37.9 Å². The third kappa shape index (κ3) is 2.91. The molecule has 1 aromatic heterocycles. The summed E-state index contributed by atoms with van der Waals surface area (Å²) in [5.74, 6) is 2.63. The fourth-order valence-electron chi connectivity index (χ4n) is 5.09. The summed E-state index contributed by atoms with van der Waals surface area (Å²) in [6.45, 7) is 4.86. The minimum Gasteiger partial charge on any atom is -0.497 e. The van der Waals surface area contributed by atoms with Gasteiger partial charge in [-0.2, -0.15) is 0 Å². The second-order valence-electron chi connectivity index (χ2n) is 7.59. The zero-order valence-electron chi connectivity index (χ0n) is 15.2. The van der Waals surface area contributed by atoms with Crippen molar-refractivity contribution in [3.63, 3.8) is 0 Å². The van der Waals surface area contributed by atoms with Crippen molar-refractivity contribution < 1.29 is 9.84 Å². The smallest absolute Gasteiger partial charge is 0.119 e. The number of rotatable bonds is 5. The Labute approximate surface area is 149 Å². The summed E-state index contributed by atoms with van der Waals surface area (Å²) in [6.07, 6.45) is 5.67. The third-order valence-electron chi connectivity index (χ3n) is 6.50. The highest BCUT2D eigenvalue weighted by molar-refractivity contribution is 5.84. The first-order valence-electron chi connectivity index (χ1n) is 9.52. The Balaban J connectivity index is 1.71. The van der Waals surface area contributed by atoms with E-state index in [1.54, 1.807) is 7.11 Å². The van der Waals surface area contributed by atoms with E-state index in [0.29, 0.717) is 6.04 Å². The summed E-state index contributed by atoms with van der Waals surface area (Å²) in [5, 5.41) is 11.4. The first-order valence-corrected chi connectivity index (χ1v) is 9.52. The third-order valence-corrected chi connectivity index (χ3v) is 6.50. The van der Waals surface area contributed by atoms with Gasteiger partial charge in [-0.1, -0.05) is 13.3 Å². The fourth-order valence-corrected chi connectivity index (χ4v) is 5.09. The summed E-state index contributed by atoms with van der Waals surface area (Å²) >= 11 is 0. The van der Waals surface area contributed by atoms with Crippen LogP contribution in [0.15, 0.2) is 30.5 Å². The van der Waals surface area contributed by atoms with Crippen molar-refractivity contribution in [1.29, 1.82) is 0 Å². The molecule has 3 aliphatic rings. The molecule has 4 nitrogen and oxygen atoms in total. The van der Waals surface area contributed by atoms with E-state index in [0.717, 1.165) is 28.5 Å². The molecule has 5 atom stereocenters. The maximum absolute atomic E-state index is 10.3. The summed E-state index contributed by atoms with van der Waals surface area (Å²) in [6, 6.07) is 8.54. The van der Waals surface area contributed by atoms with Gasteiger partial charge in [0.2, 0.25) is 0 Å². The molecule has 134 valence electrons. The number of benzene rings is 1. The molecule has 2 bridgehead atoms. The minimum atomic E-state index is 0.137. The van der Waals surface area contributed by atoms with E-state index in [1.807, 2.05) is 18.3 Å². The van der Waals surface area contributed by atoms with Crippen LogP contribution in [0, 0.1) is 11.8 Å². The molecule has 0 spiro atoms. The number of aromatic nitrogens is 1. The number of methoxy groups -OCH3 is 1. The van der Waals surface area contributed by atoms with Crippen molar-refractivity contribution in [2.75, 3.05) is 26.8 Å². The Morgan fingerprint density at radius 2 is 2.24 bits per heavy atom. The normalized spacial score (nSPS) is 29.7. The zero-order chi connectivity index (χ0) is 17.4. The Hall–Kier alpha value is -1.65. The monoisotopic (exact) mass is 340 g/mol. The van der Waals surface area contributed by atoms with Gasteiger partial charge in [0.25, 0.3) is 0 Å². The van der Waals surface area contributed by atoms with Crippen LogP contribution in [0.1, 0.15) is 37.7 Å². The van der Waals surface area contributed by atoms with Gasteiger partial charge in [0, 0.05) is 30.1 Å². The molecule has 0 aliphatic carbocycles. The van der Waals surface area contributed by atoms with Gasteiger partial charge >= 0.3 is 0 Å². The summed E-state index contributed by atoms with van der Waals surface area (Å²) < 4.78 is 5.41. The number of ether oxygens (including phenoxy) is 1. The quantitative estimate of drug-likeness (QED) is 0.906. The molecule has 5 rings (SSSR count). The largest absolute Gasteiger partial charge is 0.497 e. The van der Waals surface area contributed by atoms with Gasteiger partial charge in [-0.3, -0.25) is 9.88 Å². The Morgan fingerprint density at radius 1 is 1.36 bits per heavy atom. The minimum absolute atomic E-state index is 0.137. The van der Waals surface area contributed by atoms with Crippen LogP contribution in [0.25, 0.3) is 10.9 Å². The lowest BCUT2D eigenvalue weighted by atomic mass is 9.70. The number of aliphatic hydroxyl groups is 1. The van der Waals surface area contributed by atoms with E-state index in [2.05, 4.69) is 28.9 Å². The number of piperidine rings is 3. The van der Waals surface area contributed by atoms with E-state index in [9.17, 15) is 5.11 Å². The van der Waals surface area contributed by atoms with Crippen molar-refractivity contribution in [3.05, 3.63) is 36.0 Å². The number of aliphatic hydroxyl groups excluding tert-OH is 1. The first-order chi connectivity index (χ1) is 12.2. The van der Waals surface area contributed by atoms with Crippen molar-refractivity contribution in [2.45, 2.75) is 38.1 Å². The average molecular weight is 340 g/mol. The molecule has 2 aromatic rings. The van der Waals surface area contributed by atoms with Crippen LogP contribution in [-0.2, 0) is 0 Å². The lowest BCUT2D eigenvalue weighted by Gasteiger charge is -2.52. The van der Waals surface area contributed by atoms with Gasteiger partial charge in [-0.05, 0) is 61.1 Å². The molecule has 1 aromatic carbocycles. The van der Waals surface area contributed by atoms with Crippen molar-refractivity contribution >= 4 is 10.9 Å². The number of pyridine rings is 1. The molecule has 3 aliphatic heterocycles. The van der Waals surface area contributed by atoms with Gasteiger partial charge in [0.15, 0.2) is 0 Å². The molecule has 0 amide bonds. The lowest BCUT2D eigenvalue weighted by molar-refractivity contribution is -0.0187. The van der Waals surface area contributed by atoms with Crippen molar-refractivity contribution in [1.82, 2.24) is 9.88 Å². The predicted octanol–water partition coefficient (Wildman–Crippen LogP) is 3.44. The predicted molar refractivity (Wildman–Crippen MR) is 100.0 cm³/mol. The molecular weight excluding hydrogens is 312 g/mol. The molecule has 3 fully saturated rings. The molecule has 4 heteroatoms. The molecule has 1 N–H and O–H groups in total. The molecule has 25 heavy (non-hydrogen) atoms. The molecule has 0 radical (unpaired) electrons. The van der Waals surface area contributed by atoms with Gasteiger partial charge in [0.1, 0.15) is 5.75 Å². The van der Waals surface area contributed by atoms with E-state index < -0.39 is 0 Å². The highest BCUT2D eigenvalue weighted by Gasteiger charge is 2.42. The van der Waals surface area contributed by atoms with Gasteiger partial charge in [-0.15, -0.1) is 0 Å². The summed E-state index contributed by atoms with van der Waals surface area (Å²) in [7, 11) is 1.69. The molecule has 3 unspecified atom stereocenters. The Bertz CT molecular complexity index is 748. The van der Waals surface area contributed by atoms with Crippen LogP contribution in [0.5, 0.6) is 5.75 Å². The number of hydrogen-bond donors (Lipinski definition) is 1. The standard InChI is InChI=1S/C21H28N2O2/c1-3-14-12-23-9-7-15(14)10-21(23)19(13-24)17-6-8-22-20-5-4-16(25-2)11-18(17)20/h4-6,8,11,14-15,19,21,24H,3,7,9-10,12-13H2,1-2H3/t14?,15?,19-,21+/m0/s1. The van der Waals surface area contributed by atoms with Crippen molar-refractivity contribution in [2.24, 2.45) is 11.8 Å². The summed E-state index contributed by atoms with van der Waals surface area (Å²) in [4.78, 5) is 7.13. The van der Waals surface area contributed by atoms with E-state index >= 15 is 0 Å². The van der Waals surface area contributed by atoms with Crippen LogP contribution >= 0.6 is 0 Å². The summed E-state index contributed by atoms with van der Waals surface area (Å²) in [5.41, 5.74) is 2.18. The second-order valence-corrected chi connectivity index (χ2v) is 7.59.